The van der Waals surface area contributed by atoms with E-state index in [2.05, 4.69) is 5.32 Å². The first-order chi connectivity index (χ1) is 13.1. The van der Waals surface area contributed by atoms with Crippen LogP contribution in [0.1, 0.15) is 12.5 Å². The average Bonchev–Trinajstić information content (AvgIpc) is 2.69. The summed E-state index contributed by atoms with van der Waals surface area (Å²) in [6.45, 7) is 4.69. The molecule has 1 atom stereocenters. The second-order valence-electron chi connectivity index (χ2n) is 6.55. The molecule has 0 spiro atoms. The zero-order valence-corrected chi connectivity index (χ0v) is 15.5. The van der Waals surface area contributed by atoms with Crippen molar-refractivity contribution >= 4 is 5.91 Å². The van der Waals surface area contributed by atoms with Crippen LogP contribution in [0.2, 0.25) is 0 Å². The summed E-state index contributed by atoms with van der Waals surface area (Å²) >= 11 is 0. The van der Waals surface area contributed by atoms with E-state index in [0.717, 1.165) is 23.6 Å². The van der Waals surface area contributed by atoms with E-state index >= 15 is 0 Å². The molecule has 0 aliphatic carbocycles. The molecule has 1 unspecified atom stereocenters. The molecule has 0 aromatic heterocycles. The molecular formula is C21H25FN2O3. The van der Waals surface area contributed by atoms with Crippen molar-refractivity contribution in [1.29, 1.82) is 0 Å². The maximum Gasteiger partial charge on any atom is 0.234 e. The molecule has 2 aromatic carbocycles. The minimum atomic E-state index is -0.252. The number of halogens is 1. The number of ether oxygens (including phenoxy) is 2. The van der Waals surface area contributed by atoms with Crippen molar-refractivity contribution in [3.63, 3.8) is 0 Å². The second-order valence-corrected chi connectivity index (χ2v) is 6.55. The summed E-state index contributed by atoms with van der Waals surface area (Å²) in [5.74, 6) is 1.22. The number of fused-ring (bicyclic) bond motifs is 1. The van der Waals surface area contributed by atoms with Gasteiger partial charge in [-0.3, -0.25) is 9.69 Å². The summed E-state index contributed by atoms with van der Waals surface area (Å²) in [6, 6.07) is 13.9. The van der Waals surface area contributed by atoms with Crippen LogP contribution in [-0.4, -0.2) is 49.7 Å². The molecule has 1 heterocycles. The van der Waals surface area contributed by atoms with Crippen LogP contribution in [0.25, 0.3) is 0 Å². The van der Waals surface area contributed by atoms with Crippen LogP contribution in [0.4, 0.5) is 4.39 Å². The molecule has 0 radical (unpaired) electrons. The van der Waals surface area contributed by atoms with Gasteiger partial charge in [-0.05, 0) is 42.8 Å². The molecule has 1 N–H and O–H groups in total. The molecular weight excluding hydrogens is 347 g/mol. The predicted octanol–water partition coefficient (Wildman–Crippen LogP) is 2.65. The fraction of sp³-hybridized carbons (Fsp3) is 0.381. The maximum atomic E-state index is 12.9. The summed E-state index contributed by atoms with van der Waals surface area (Å²) in [5, 5.41) is 2.92. The highest BCUT2D eigenvalue weighted by Crippen LogP contribution is 2.30. The number of carbonyl (C=O) groups excluding carboxylic acids is 1. The number of likely N-dealkylation sites (N-methyl/N-ethyl adjacent to an activating group) is 1. The Morgan fingerprint density at radius 2 is 1.93 bits per heavy atom. The molecule has 1 aliphatic heterocycles. The quantitative estimate of drug-likeness (QED) is 0.774. The van der Waals surface area contributed by atoms with Gasteiger partial charge in [-0.25, -0.2) is 4.39 Å². The van der Waals surface area contributed by atoms with Crippen LogP contribution in [0.15, 0.2) is 48.5 Å². The monoisotopic (exact) mass is 372 g/mol. The van der Waals surface area contributed by atoms with E-state index in [9.17, 15) is 9.18 Å². The van der Waals surface area contributed by atoms with Gasteiger partial charge < -0.3 is 14.8 Å². The largest absolute Gasteiger partial charge is 0.486 e. The van der Waals surface area contributed by atoms with E-state index < -0.39 is 0 Å². The zero-order chi connectivity index (χ0) is 19.1. The maximum absolute atomic E-state index is 12.9. The molecule has 144 valence electrons. The molecule has 0 bridgehead atoms. The summed E-state index contributed by atoms with van der Waals surface area (Å²) in [6.07, 6.45) is 0.570. The molecule has 0 fully saturated rings. The van der Waals surface area contributed by atoms with Crippen LogP contribution >= 0.6 is 0 Å². The van der Waals surface area contributed by atoms with E-state index in [1.807, 2.05) is 36.1 Å². The lowest BCUT2D eigenvalue weighted by Crippen LogP contribution is -2.45. The van der Waals surface area contributed by atoms with Crippen molar-refractivity contribution in [2.45, 2.75) is 19.4 Å². The Morgan fingerprint density at radius 1 is 1.19 bits per heavy atom. The van der Waals surface area contributed by atoms with Crippen LogP contribution in [0.3, 0.4) is 0 Å². The molecule has 6 heteroatoms. The van der Waals surface area contributed by atoms with E-state index in [4.69, 9.17) is 9.47 Å². The molecule has 3 rings (SSSR count). The van der Waals surface area contributed by atoms with Crippen LogP contribution in [0.5, 0.6) is 11.5 Å². The summed E-state index contributed by atoms with van der Waals surface area (Å²) in [5.41, 5.74) is 0.996. The van der Waals surface area contributed by atoms with Gasteiger partial charge in [-0.2, -0.15) is 0 Å². The third-order valence-corrected chi connectivity index (χ3v) is 4.49. The molecule has 0 saturated carbocycles. The fourth-order valence-electron chi connectivity index (χ4n) is 3.00. The molecule has 27 heavy (non-hydrogen) atoms. The minimum absolute atomic E-state index is 0.0314. The first-order valence-electron chi connectivity index (χ1n) is 9.26. The van der Waals surface area contributed by atoms with E-state index in [0.29, 0.717) is 32.7 Å². The van der Waals surface area contributed by atoms with Gasteiger partial charge >= 0.3 is 0 Å². The second kappa shape index (κ2) is 9.37. The number of hydrogen-bond donors (Lipinski definition) is 1. The normalized spacial score (nSPS) is 15.6. The lowest BCUT2D eigenvalue weighted by molar-refractivity contribution is -0.122. The minimum Gasteiger partial charge on any atom is -0.486 e. The lowest BCUT2D eigenvalue weighted by atomic mass is 10.1. The topological polar surface area (TPSA) is 50.8 Å². The Morgan fingerprint density at radius 3 is 2.67 bits per heavy atom. The molecule has 2 aromatic rings. The standard InChI is InChI=1S/C21H25FN2O3/c1-2-24(13-18-15-26-19-5-3-4-6-20(19)27-18)14-21(25)23-12-11-16-7-9-17(22)10-8-16/h3-10,18H,2,11-15H2,1H3,(H,23,25). The van der Waals surface area contributed by atoms with Gasteiger partial charge in [0.1, 0.15) is 18.5 Å². The van der Waals surface area contributed by atoms with Crippen molar-refractivity contribution in [3.8, 4) is 11.5 Å². The van der Waals surface area contributed by atoms with Crippen molar-refractivity contribution < 1.29 is 18.7 Å². The van der Waals surface area contributed by atoms with E-state index in [1.165, 1.54) is 12.1 Å². The highest BCUT2D eigenvalue weighted by Gasteiger charge is 2.23. The Labute approximate surface area is 159 Å². The van der Waals surface area contributed by atoms with Gasteiger partial charge in [-0.15, -0.1) is 0 Å². The predicted molar refractivity (Wildman–Crippen MR) is 102 cm³/mol. The Hall–Kier alpha value is -2.60. The smallest absolute Gasteiger partial charge is 0.234 e. The molecule has 0 saturated heterocycles. The number of nitrogens with one attached hydrogen (secondary N) is 1. The number of carbonyl (C=O) groups is 1. The Balaban J connectivity index is 1.41. The highest BCUT2D eigenvalue weighted by atomic mass is 19.1. The van der Waals surface area contributed by atoms with Crippen molar-refractivity contribution in [1.82, 2.24) is 10.2 Å². The number of hydrogen-bond acceptors (Lipinski definition) is 4. The SMILES string of the molecule is CCN(CC(=O)NCCc1ccc(F)cc1)CC1COc2ccccc2O1. The van der Waals surface area contributed by atoms with Gasteiger partial charge in [0, 0.05) is 13.1 Å². The number of benzene rings is 2. The van der Waals surface area contributed by atoms with Gasteiger partial charge in [-0.1, -0.05) is 31.2 Å². The number of para-hydroxylation sites is 2. The van der Waals surface area contributed by atoms with E-state index in [1.54, 1.807) is 12.1 Å². The van der Waals surface area contributed by atoms with Crippen molar-refractivity contribution in [3.05, 3.63) is 59.9 Å². The van der Waals surface area contributed by atoms with Gasteiger partial charge in [0.2, 0.25) is 5.91 Å². The molecule has 1 amide bonds. The van der Waals surface area contributed by atoms with Gasteiger partial charge in [0.25, 0.3) is 0 Å². The number of rotatable bonds is 8. The third-order valence-electron chi connectivity index (χ3n) is 4.49. The van der Waals surface area contributed by atoms with Crippen molar-refractivity contribution in [2.75, 3.05) is 32.8 Å². The zero-order valence-electron chi connectivity index (χ0n) is 15.5. The van der Waals surface area contributed by atoms with Gasteiger partial charge in [0.15, 0.2) is 11.5 Å². The summed E-state index contributed by atoms with van der Waals surface area (Å²) in [7, 11) is 0. The van der Waals surface area contributed by atoms with Crippen LogP contribution < -0.4 is 14.8 Å². The summed E-state index contributed by atoms with van der Waals surface area (Å²) in [4.78, 5) is 14.2. The van der Waals surface area contributed by atoms with Crippen LogP contribution in [0, 0.1) is 5.82 Å². The Bertz CT molecular complexity index is 751. The lowest BCUT2D eigenvalue weighted by Gasteiger charge is -2.30. The van der Waals surface area contributed by atoms with Gasteiger partial charge in [0.05, 0.1) is 6.54 Å². The van der Waals surface area contributed by atoms with Crippen LogP contribution in [-0.2, 0) is 11.2 Å². The summed E-state index contributed by atoms with van der Waals surface area (Å²) < 4.78 is 24.6. The third kappa shape index (κ3) is 5.69. The Kier molecular flexibility index (Phi) is 6.65. The molecule has 5 nitrogen and oxygen atoms in total. The fourth-order valence-corrected chi connectivity index (χ4v) is 3.00. The number of nitrogens with zero attached hydrogens (tertiary/aromatic N) is 1. The average molecular weight is 372 g/mol. The van der Waals surface area contributed by atoms with Crippen molar-refractivity contribution in [2.24, 2.45) is 0 Å². The van der Waals surface area contributed by atoms with E-state index in [-0.39, 0.29) is 17.8 Å². The first kappa shape index (κ1) is 19.2. The highest BCUT2D eigenvalue weighted by molar-refractivity contribution is 5.78. The number of amides is 1. The first-order valence-corrected chi connectivity index (χ1v) is 9.26. The molecule has 1 aliphatic rings.